The predicted octanol–water partition coefficient (Wildman–Crippen LogP) is 1.74. The molecule has 1 fully saturated rings. The van der Waals surface area contributed by atoms with E-state index in [2.05, 4.69) is 20.9 Å². The number of halogens is 1. The zero-order valence-corrected chi connectivity index (χ0v) is 9.94. The summed E-state index contributed by atoms with van der Waals surface area (Å²) in [6.45, 7) is 0.842. The number of hydrogen-bond donors (Lipinski definition) is 2. The van der Waals surface area contributed by atoms with Crippen molar-refractivity contribution in [3.8, 4) is 0 Å². The minimum Gasteiger partial charge on any atom is -0.398 e. The van der Waals surface area contributed by atoms with E-state index in [1.807, 2.05) is 4.90 Å². The summed E-state index contributed by atoms with van der Waals surface area (Å²) in [6, 6.07) is 1.79. The number of aliphatic hydroxyl groups excluding tert-OH is 1. The third kappa shape index (κ3) is 2.23. The van der Waals surface area contributed by atoms with Gasteiger partial charge >= 0.3 is 0 Å². The predicted molar refractivity (Wildman–Crippen MR) is 63.6 cm³/mol. The second kappa shape index (κ2) is 4.37. The quantitative estimate of drug-likeness (QED) is 0.817. The highest BCUT2D eigenvalue weighted by atomic mass is 79.9. The number of aromatic nitrogens is 1. The Bertz CT molecular complexity index is 359. The van der Waals surface area contributed by atoms with E-state index in [1.165, 1.54) is 0 Å². The molecular formula is C10H14BrN3O. The SMILES string of the molecule is Nc1cc(N2CCCCC2O)ncc1Br. The van der Waals surface area contributed by atoms with Crippen LogP contribution in [0.4, 0.5) is 11.5 Å². The Labute approximate surface area is 97.2 Å². The highest BCUT2D eigenvalue weighted by Crippen LogP contribution is 2.26. The van der Waals surface area contributed by atoms with Crippen LogP contribution in [0.15, 0.2) is 16.7 Å². The number of nitrogens with zero attached hydrogens (tertiary/aromatic N) is 2. The minimum absolute atomic E-state index is 0.424. The lowest BCUT2D eigenvalue weighted by atomic mass is 10.1. The zero-order chi connectivity index (χ0) is 10.8. The van der Waals surface area contributed by atoms with Crippen molar-refractivity contribution in [2.75, 3.05) is 17.2 Å². The van der Waals surface area contributed by atoms with Crippen LogP contribution in [0.25, 0.3) is 0 Å². The average molecular weight is 272 g/mol. The Balaban J connectivity index is 2.24. The molecule has 1 aromatic heterocycles. The van der Waals surface area contributed by atoms with E-state index in [9.17, 15) is 5.11 Å². The molecule has 1 aromatic rings. The first-order valence-electron chi connectivity index (χ1n) is 5.04. The molecule has 15 heavy (non-hydrogen) atoms. The van der Waals surface area contributed by atoms with Crippen molar-refractivity contribution in [2.24, 2.45) is 0 Å². The largest absolute Gasteiger partial charge is 0.398 e. The number of nitrogens with two attached hydrogens (primary N) is 1. The molecule has 0 bridgehead atoms. The van der Waals surface area contributed by atoms with Crippen LogP contribution in [0, 0.1) is 0 Å². The molecular weight excluding hydrogens is 258 g/mol. The van der Waals surface area contributed by atoms with E-state index in [4.69, 9.17) is 5.73 Å². The zero-order valence-electron chi connectivity index (χ0n) is 8.36. The summed E-state index contributed by atoms with van der Waals surface area (Å²) in [6.07, 6.45) is 4.22. The molecule has 0 radical (unpaired) electrons. The first-order chi connectivity index (χ1) is 7.18. The molecule has 2 rings (SSSR count). The van der Waals surface area contributed by atoms with Crippen molar-refractivity contribution in [3.63, 3.8) is 0 Å². The van der Waals surface area contributed by atoms with E-state index in [-0.39, 0.29) is 0 Å². The topological polar surface area (TPSA) is 62.4 Å². The van der Waals surface area contributed by atoms with Crippen molar-refractivity contribution >= 4 is 27.4 Å². The van der Waals surface area contributed by atoms with Gasteiger partial charge in [-0.15, -0.1) is 0 Å². The van der Waals surface area contributed by atoms with E-state index in [1.54, 1.807) is 12.3 Å². The van der Waals surface area contributed by atoms with Gasteiger partial charge in [0.15, 0.2) is 0 Å². The highest BCUT2D eigenvalue weighted by molar-refractivity contribution is 9.10. The molecule has 1 unspecified atom stereocenters. The Morgan fingerprint density at radius 1 is 1.53 bits per heavy atom. The normalized spacial score (nSPS) is 21.7. The third-order valence-electron chi connectivity index (χ3n) is 2.64. The second-order valence-corrected chi connectivity index (χ2v) is 4.59. The number of rotatable bonds is 1. The van der Waals surface area contributed by atoms with E-state index in [0.29, 0.717) is 5.69 Å². The van der Waals surface area contributed by atoms with Gasteiger partial charge in [-0.05, 0) is 35.2 Å². The van der Waals surface area contributed by atoms with Crippen molar-refractivity contribution in [2.45, 2.75) is 25.5 Å². The van der Waals surface area contributed by atoms with Gasteiger partial charge in [0.2, 0.25) is 0 Å². The van der Waals surface area contributed by atoms with Crippen LogP contribution >= 0.6 is 15.9 Å². The van der Waals surface area contributed by atoms with Crippen LogP contribution in [-0.4, -0.2) is 22.9 Å². The maximum Gasteiger partial charge on any atom is 0.132 e. The number of nitrogen functional groups attached to an aromatic ring is 1. The fraction of sp³-hybridized carbons (Fsp3) is 0.500. The smallest absolute Gasteiger partial charge is 0.132 e. The Morgan fingerprint density at radius 2 is 2.33 bits per heavy atom. The van der Waals surface area contributed by atoms with Gasteiger partial charge in [-0.2, -0.15) is 0 Å². The summed E-state index contributed by atoms with van der Waals surface area (Å²) < 4.78 is 0.790. The molecule has 1 aliphatic rings. The van der Waals surface area contributed by atoms with Gasteiger partial charge in [0.1, 0.15) is 12.0 Å². The molecule has 2 heterocycles. The maximum absolute atomic E-state index is 9.82. The second-order valence-electron chi connectivity index (χ2n) is 3.73. The first kappa shape index (κ1) is 10.7. The molecule has 0 saturated carbocycles. The molecule has 82 valence electrons. The van der Waals surface area contributed by atoms with Crippen molar-refractivity contribution in [1.29, 1.82) is 0 Å². The third-order valence-corrected chi connectivity index (χ3v) is 3.30. The fourth-order valence-corrected chi connectivity index (χ4v) is 2.00. The Morgan fingerprint density at radius 3 is 3.00 bits per heavy atom. The number of pyridine rings is 1. The minimum atomic E-state index is -0.424. The molecule has 1 atom stereocenters. The van der Waals surface area contributed by atoms with Crippen molar-refractivity contribution < 1.29 is 5.11 Å². The monoisotopic (exact) mass is 271 g/mol. The van der Waals surface area contributed by atoms with Crippen LogP contribution in [0.5, 0.6) is 0 Å². The van der Waals surface area contributed by atoms with Gasteiger partial charge in [0.05, 0.1) is 10.2 Å². The van der Waals surface area contributed by atoms with Gasteiger partial charge < -0.3 is 15.7 Å². The Hall–Kier alpha value is -0.810. The van der Waals surface area contributed by atoms with Crippen molar-refractivity contribution in [3.05, 3.63) is 16.7 Å². The van der Waals surface area contributed by atoms with Gasteiger partial charge in [0, 0.05) is 18.8 Å². The van der Waals surface area contributed by atoms with Crippen LogP contribution in [0.3, 0.4) is 0 Å². The van der Waals surface area contributed by atoms with Crippen LogP contribution in [0.1, 0.15) is 19.3 Å². The van der Waals surface area contributed by atoms with Gasteiger partial charge in [-0.1, -0.05) is 0 Å². The van der Waals surface area contributed by atoms with Crippen LogP contribution in [0.2, 0.25) is 0 Å². The number of piperidine rings is 1. The molecule has 0 amide bonds. The highest BCUT2D eigenvalue weighted by Gasteiger charge is 2.21. The number of aliphatic hydroxyl groups is 1. The molecule has 0 aliphatic carbocycles. The molecule has 1 aliphatic heterocycles. The van der Waals surface area contributed by atoms with Gasteiger partial charge in [0.25, 0.3) is 0 Å². The van der Waals surface area contributed by atoms with E-state index >= 15 is 0 Å². The number of anilines is 2. The summed E-state index contributed by atoms with van der Waals surface area (Å²) in [4.78, 5) is 6.15. The lowest BCUT2D eigenvalue weighted by Crippen LogP contribution is -2.39. The van der Waals surface area contributed by atoms with Crippen LogP contribution < -0.4 is 10.6 Å². The van der Waals surface area contributed by atoms with Crippen LogP contribution in [-0.2, 0) is 0 Å². The molecule has 0 aromatic carbocycles. The average Bonchev–Trinajstić information content (AvgIpc) is 2.23. The van der Waals surface area contributed by atoms with E-state index < -0.39 is 6.23 Å². The molecule has 3 N–H and O–H groups in total. The molecule has 4 nitrogen and oxygen atoms in total. The maximum atomic E-state index is 9.82. The van der Waals surface area contributed by atoms with E-state index in [0.717, 1.165) is 36.1 Å². The fourth-order valence-electron chi connectivity index (χ4n) is 1.78. The molecule has 5 heteroatoms. The summed E-state index contributed by atoms with van der Waals surface area (Å²) >= 11 is 3.30. The standard InChI is InChI=1S/C10H14BrN3O/c11-7-6-13-9(5-8(7)12)14-4-2-1-3-10(14)15/h5-6,10,15H,1-4H2,(H2,12,13). The van der Waals surface area contributed by atoms with Gasteiger partial charge in [-0.3, -0.25) is 0 Å². The summed E-state index contributed by atoms with van der Waals surface area (Å²) in [7, 11) is 0. The van der Waals surface area contributed by atoms with Gasteiger partial charge in [-0.25, -0.2) is 4.98 Å². The summed E-state index contributed by atoms with van der Waals surface area (Å²) in [5.41, 5.74) is 6.43. The lowest BCUT2D eigenvalue weighted by molar-refractivity contribution is 0.139. The molecule has 0 spiro atoms. The summed E-state index contributed by atoms with van der Waals surface area (Å²) in [5.74, 6) is 0.753. The molecule has 1 saturated heterocycles. The first-order valence-corrected chi connectivity index (χ1v) is 5.83. The Kier molecular flexibility index (Phi) is 3.11. The lowest BCUT2D eigenvalue weighted by Gasteiger charge is -2.33. The number of hydrogen-bond acceptors (Lipinski definition) is 4. The summed E-state index contributed by atoms with van der Waals surface area (Å²) in [5, 5.41) is 9.82. The van der Waals surface area contributed by atoms with Crippen molar-refractivity contribution in [1.82, 2.24) is 4.98 Å².